The summed E-state index contributed by atoms with van der Waals surface area (Å²) in [6.07, 6.45) is 0.572. The van der Waals surface area contributed by atoms with Crippen molar-refractivity contribution < 1.29 is 17.4 Å². The molecule has 0 aliphatic heterocycles. The van der Waals surface area contributed by atoms with Crippen LogP contribution in [-0.4, -0.2) is 23.2 Å². The quantitative estimate of drug-likeness (QED) is 0.637. The van der Waals surface area contributed by atoms with Gasteiger partial charge in [0.05, 0.1) is 5.25 Å². The third kappa shape index (κ3) is 3.85. The standard InChI is InChI=1S/C17H15BrNO4S/c1-11(24(20,21)22)2-9-17-19-15-10-13(5-8-16(15)23-17)12-3-6-14(18)7-4-12/h3-8,11H,2,9H2,1H3,(H,20,21,22). The Kier molecular flexibility index (Phi) is 4.76. The van der Waals surface area contributed by atoms with Crippen molar-refractivity contribution in [2.24, 2.45) is 0 Å². The molecule has 5 nitrogen and oxygen atoms in total. The first kappa shape index (κ1) is 17.1. The molecule has 7 heteroatoms. The van der Waals surface area contributed by atoms with Gasteiger partial charge in [0.25, 0.3) is 10.1 Å². The number of halogens is 1. The van der Waals surface area contributed by atoms with Crippen molar-refractivity contribution >= 4 is 37.1 Å². The highest BCUT2D eigenvalue weighted by Gasteiger charge is 2.18. The van der Waals surface area contributed by atoms with Gasteiger partial charge in [0.1, 0.15) is 5.52 Å². The molecule has 1 heterocycles. The summed E-state index contributed by atoms with van der Waals surface area (Å²) in [5.41, 5.74) is 3.13. The van der Waals surface area contributed by atoms with Crippen LogP contribution in [0.3, 0.4) is 0 Å². The number of aromatic nitrogens is 1. The van der Waals surface area contributed by atoms with E-state index in [9.17, 15) is 8.42 Å². The van der Waals surface area contributed by atoms with Gasteiger partial charge in [-0.2, -0.15) is 8.42 Å². The third-order valence-electron chi connectivity index (χ3n) is 3.78. The Labute approximate surface area is 148 Å². The fourth-order valence-corrected chi connectivity index (χ4v) is 2.97. The van der Waals surface area contributed by atoms with E-state index in [1.165, 1.54) is 6.92 Å². The molecule has 3 rings (SSSR count). The van der Waals surface area contributed by atoms with Gasteiger partial charge in [-0.25, -0.2) is 4.98 Å². The molecule has 0 fully saturated rings. The van der Waals surface area contributed by atoms with Crippen molar-refractivity contribution in [2.75, 3.05) is 0 Å². The van der Waals surface area contributed by atoms with Gasteiger partial charge in [-0.3, -0.25) is 4.55 Å². The highest BCUT2D eigenvalue weighted by atomic mass is 79.9. The number of fused-ring (bicyclic) bond motifs is 1. The van der Waals surface area contributed by atoms with Crippen LogP contribution in [0.1, 0.15) is 19.2 Å². The predicted molar refractivity (Wildman–Crippen MR) is 95.3 cm³/mol. The van der Waals surface area contributed by atoms with E-state index in [0.717, 1.165) is 15.6 Å². The minimum Gasteiger partial charge on any atom is -0.441 e. The van der Waals surface area contributed by atoms with Gasteiger partial charge in [-0.1, -0.05) is 28.1 Å². The third-order valence-corrected chi connectivity index (χ3v) is 5.56. The molecule has 1 N–H and O–H groups in total. The van der Waals surface area contributed by atoms with Crippen molar-refractivity contribution in [3.63, 3.8) is 0 Å². The molecule has 0 bridgehead atoms. The van der Waals surface area contributed by atoms with Crippen LogP contribution in [0.4, 0.5) is 0 Å². The highest BCUT2D eigenvalue weighted by Crippen LogP contribution is 2.26. The van der Waals surface area contributed by atoms with Crippen LogP contribution < -0.4 is 0 Å². The van der Waals surface area contributed by atoms with Gasteiger partial charge in [-0.15, -0.1) is 0 Å². The second-order valence-electron chi connectivity index (χ2n) is 5.56. The predicted octanol–water partition coefficient (Wildman–Crippen LogP) is 4.27. The Bertz CT molecular complexity index is 964. The van der Waals surface area contributed by atoms with Gasteiger partial charge in [0.2, 0.25) is 0 Å². The average Bonchev–Trinajstić information content (AvgIpc) is 2.94. The number of hydrogen-bond acceptors (Lipinski definition) is 4. The van der Waals surface area contributed by atoms with Gasteiger partial charge in [-0.05, 0) is 48.7 Å². The summed E-state index contributed by atoms with van der Waals surface area (Å²) in [5.74, 6) is 0.435. The molecule has 0 aliphatic rings. The first-order valence-electron chi connectivity index (χ1n) is 7.37. The average molecular weight is 409 g/mol. The largest absolute Gasteiger partial charge is 0.441 e. The molecule has 24 heavy (non-hydrogen) atoms. The topological polar surface area (TPSA) is 80.4 Å². The highest BCUT2D eigenvalue weighted by molar-refractivity contribution is 9.10. The van der Waals surface area contributed by atoms with Gasteiger partial charge in [0.15, 0.2) is 11.5 Å². The molecular weight excluding hydrogens is 394 g/mol. The first-order valence-corrected chi connectivity index (χ1v) is 9.66. The van der Waals surface area contributed by atoms with Crippen LogP contribution in [0, 0.1) is 6.07 Å². The van der Waals surface area contributed by atoms with E-state index in [4.69, 9.17) is 8.97 Å². The maximum atomic E-state index is 11.0. The Balaban J connectivity index is 1.82. The number of aryl methyl sites for hydroxylation is 1. The second kappa shape index (κ2) is 6.66. The number of oxazole rings is 1. The number of benzene rings is 2. The van der Waals surface area contributed by atoms with Crippen molar-refractivity contribution in [1.29, 1.82) is 0 Å². The molecule has 0 spiro atoms. The lowest BCUT2D eigenvalue weighted by atomic mass is 10.1. The van der Waals surface area contributed by atoms with Crippen LogP contribution >= 0.6 is 15.9 Å². The van der Waals surface area contributed by atoms with Crippen LogP contribution in [0.25, 0.3) is 22.2 Å². The van der Waals surface area contributed by atoms with Crippen LogP contribution in [0.5, 0.6) is 0 Å². The summed E-state index contributed by atoms with van der Waals surface area (Å²) < 4.78 is 37.7. The van der Waals surface area contributed by atoms with Gasteiger partial charge >= 0.3 is 0 Å². The zero-order valence-corrected chi connectivity index (χ0v) is 15.3. The van der Waals surface area contributed by atoms with E-state index >= 15 is 0 Å². The fourth-order valence-electron chi connectivity index (χ4n) is 2.29. The number of rotatable bonds is 5. The molecule has 0 amide bonds. The van der Waals surface area contributed by atoms with Crippen molar-refractivity contribution in [1.82, 2.24) is 4.98 Å². The lowest BCUT2D eigenvalue weighted by Crippen LogP contribution is -2.17. The van der Waals surface area contributed by atoms with Crippen molar-refractivity contribution in [2.45, 2.75) is 25.0 Å². The molecule has 2 aromatic carbocycles. The molecule has 125 valence electrons. The minimum absolute atomic E-state index is 0.241. The summed E-state index contributed by atoms with van der Waals surface area (Å²) in [6.45, 7) is 1.45. The van der Waals surface area contributed by atoms with E-state index < -0.39 is 15.4 Å². The zero-order chi connectivity index (χ0) is 17.3. The summed E-state index contributed by atoms with van der Waals surface area (Å²) in [6, 6.07) is 14.8. The SMILES string of the molecule is CC(CCc1nc2[c]c(-c3ccc(Br)cc3)ccc2o1)S(=O)(=O)O. The van der Waals surface area contributed by atoms with Crippen molar-refractivity contribution in [3.05, 3.63) is 52.8 Å². The fraction of sp³-hybridized carbons (Fsp3) is 0.235. The monoisotopic (exact) mass is 408 g/mol. The van der Waals surface area contributed by atoms with E-state index in [-0.39, 0.29) is 6.42 Å². The summed E-state index contributed by atoms with van der Waals surface area (Å²) in [7, 11) is -4.03. The van der Waals surface area contributed by atoms with Gasteiger partial charge in [0, 0.05) is 17.0 Å². The normalized spacial score (nSPS) is 13.3. The Morgan fingerprint density at radius 1 is 1.25 bits per heavy atom. The molecule has 0 aliphatic carbocycles. The molecular formula is C17H15BrNO4S. The van der Waals surface area contributed by atoms with Crippen LogP contribution in [-0.2, 0) is 16.5 Å². The van der Waals surface area contributed by atoms with E-state index in [2.05, 4.69) is 27.0 Å². The van der Waals surface area contributed by atoms with E-state index in [1.54, 1.807) is 0 Å². The maximum absolute atomic E-state index is 11.0. The number of hydrogen-bond donors (Lipinski definition) is 1. The lowest BCUT2D eigenvalue weighted by molar-refractivity contribution is 0.459. The lowest BCUT2D eigenvalue weighted by Gasteiger charge is -2.04. The molecule has 0 saturated carbocycles. The Morgan fingerprint density at radius 3 is 2.62 bits per heavy atom. The summed E-state index contributed by atoms with van der Waals surface area (Å²) >= 11 is 3.41. The molecule has 3 aromatic rings. The summed E-state index contributed by atoms with van der Waals surface area (Å²) in [5, 5.41) is -0.852. The molecule has 1 radical (unpaired) electrons. The zero-order valence-electron chi connectivity index (χ0n) is 12.9. The minimum atomic E-state index is -4.03. The van der Waals surface area contributed by atoms with E-state index in [0.29, 0.717) is 23.4 Å². The Morgan fingerprint density at radius 2 is 1.96 bits per heavy atom. The molecule has 0 saturated heterocycles. The van der Waals surface area contributed by atoms with E-state index in [1.807, 2.05) is 36.4 Å². The van der Waals surface area contributed by atoms with Crippen molar-refractivity contribution in [3.8, 4) is 11.1 Å². The smallest absolute Gasteiger partial charge is 0.267 e. The maximum Gasteiger partial charge on any atom is 0.267 e. The number of nitrogens with zero attached hydrogens (tertiary/aromatic N) is 1. The first-order chi connectivity index (χ1) is 11.3. The van der Waals surface area contributed by atoms with Crippen LogP contribution in [0.2, 0.25) is 0 Å². The molecule has 1 unspecified atom stereocenters. The molecule has 1 atom stereocenters. The second-order valence-corrected chi connectivity index (χ2v) is 8.31. The Hall–Kier alpha value is -1.70. The summed E-state index contributed by atoms with van der Waals surface area (Å²) in [4.78, 5) is 4.36. The van der Waals surface area contributed by atoms with Gasteiger partial charge < -0.3 is 4.42 Å². The molecule has 1 aromatic heterocycles. The van der Waals surface area contributed by atoms with Crippen LogP contribution in [0.15, 0.2) is 45.3 Å².